The Labute approximate surface area is 298 Å². The fourth-order valence-electron chi connectivity index (χ4n) is 5.98. The van der Waals surface area contributed by atoms with Crippen molar-refractivity contribution < 1.29 is 43.7 Å². The van der Waals surface area contributed by atoms with E-state index in [9.17, 15) is 39.0 Å². The number of rotatable bonds is 19. The maximum Gasteiger partial charge on any atom is 0.254 e. The van der Waals surface area contributed by atoms with Gasteiger partial charge in [-0.2, -0.15) is 0 Å². The number of ketones is 1. The average Bonchev–Trinajstić information content (AvgIpc) is 3.14. The molecule has 12 heteroatoms. The Morgan fingerprint density at radius 2 is 1.41 bits per heavy atom. The Kier molecular flexibility index (Phi) is 14.9. The monoisotopic (exact) mass is 701 g/mol. The van der Waals surface area contributed by atoms with Crippen molar-refractivity contribution >= 4 is 52.1 Å². The number of fused-ring (bicyclic) bond motifs is 1. The summed E-state index contributed by atoms with van der Waals surface area (Å²) >= 11 is 0. The van der Waals surface area contributed by atoms with E-state index in [-0.39, 0.29) is 45.4 Å². The van der Waals surface area contributed by atoms with Crippen molar-refractivity contribution in [2.45, 2.75) is 59.3 Å². The number of hydrogen-bond acceptors (Lipinski definition) is 9. The van der Waals surface area contributed by atoms with Crippen LogP contribution >= 0.6 is 0 Å². The van der Waals surface area contributed by atoms with Gasteiger partial charge in [0.15, 0.2) is 23.6 Å². The van der Waals surface area contributed by atoms with Gasteiger partial charge in [0.2, 0.25) is 5.91 Å². The first-order valence-electron chi connectivity index (χ1n) is 17.2. The zero-order chi connectivity index (χ0) is 37.7. The molecule has 0 saturated heterocycles. The summed E-state index contributed by atoms with van der Waals surface area (Å²) in [4.78, 5) is 81.0. The van der Waals surface area contributed by atoms with Gasteiger partial charge in [-0.05, 0) is 87.6 Å². The third kappa shape index (κ3) is 9.61. The van der Waals surface area contributed by atoms with Crippen LogP contribution in [0.3, 0.4) is 0 Å². The number of allylic oxidation sites excluding steroid dienone is 1. The highest BCUT2D eigenvalue weighted by Gasteiger charge is 2.27. The van der Waals surface area contributed by atoms with E-state index in [2.05, 4.69) is 0 Å². The molecule has 0 aliphatic carbocycles. The topological polar surface area (TPSA) is 162 Å². The molecule has 3 aromatic rings. The highest BCUT2D eigenvalue weighted by molar-refractivity contribution is 6.24. The first-order chi connectivity index (χ1) is 24.5. The number of benzene rings is 3. The molecule has 272 valence electrons. The molecule has 0 radical (unpaired) electrons. The van der Waals surface area contributed by atoms with Crippen LogP contribution in [0.25, 0.3) is 16.3 Å². The number of carbonyl (C=O) groups is 5. The minimum atomic E-state index is -0.717. The van der Waals surface area contributed by atoms with Crippen molar-refractivity contribution in [3.05, 3.63) is 64.7 Å². The number of methoxy groups -OCH3 is 1. The van der Waals surface area contributed by atoms with Crippen molar-refractivity contribution in [3.8, 4) is 17.2 Å². The van der Waals surface area contributed by atoms with Gasteiger partial charge in [-0.15, -0.1) is 0 Å². The number of ether oxygens (including phenoxy) is 1. The van der Waals surface area contributed by atoms with Crippen molar-refractivity contribution in [2.24, 2.45) is 0 Å². The zero-order valence-corrected chi connectivity index (χ0v) is 30.0. The van der Waals surface area contributed by atoms with Crippen molar-refractivity contribution in [1.29, 1.82) is 0 Å². The first kappa shape index (κ1) is 40.0. The second-order valence-corrected chi connectivity index (χ2v) is 12.1. The van der Waals surface area contributed by atoms with E-state index in [0.29, 0.717) is 82.6 Å². The summed E-state index contributed by atoms with van der Waals surface area (Å²) < 4.78 is 5.26. The molecule has 0 fully saturated rings. The molecule has 0 aromatic heterocycles. The van der Waals surface area contributed by atoms with Gasteiger partial charge in [0, 0.05) is 58.2 Å². The lowest BCUT2D eigenvalue weighted by Gasteiger charge is -2.25. The predicted octanol–water partition coefficient (Wildman–Crippen LogP) is 5.30. The molecular formula is C39H47N3O9. The fraction of sp³-hybridized carbons (Fsp3) is 0.410. The number of phenols is 2. The average molecular weight is 702 g/mol. The Morgan fingerprint density at radius 3 is 2.04 bits per heavy atom. The Balaban J connectivity index is 1.69. The molecule has 3 rings (SSSR count). The molecule has 3 aromatic carbocycles. The summed E-state index contributed by atoms with van der Waals surface area (Å²) in [6.45, 7) is 7.25. The summed E-state index contributed by atoms with van der Waals surface area (Å²) in [5, 5.41) is 21.3. The van der Waals surface area contributed by atoms with Crippen LogP contribution in [0.1, 0.15) is 95.9 Å². The fourth-order valence-corrected chi connectivity index (χ4v) is 5.98. The number of phenolic OH excluding ortho intramolecular Hbond substituents is 2. The number of Topliss-reactive ketones (excluding diaryl/α,β-unsaturated/α-hetero) is 1. The van der Waals surface area contributed by atoms with Gasteiger partial charge < -0.3 is 29.6 Å². The van der Waals surface area contributed by atoms with Crippen LogP contribution in [0.4, 0.5) is 0 Å². The summed E-state index contributed by atoms with van der Waals surface area (Å²) in [5.74, 6) is -0.266. The third-order valence-corrected chi connectivity index (χ3v) is 8.96. The second-order valence-electron chi connectivity index (χ2n) is 12.1. The molecular weight excluding hydrogens is 654 g/mol. The van der Waals surface area contributed by atoms with Gasteiger partial charge in [0.1, 0.15) is 17.3 Å². The number of para-hydroxylation sites is 1. The van der Waals surface area contributed by atoms with Gasteiger partial charge in [-0.1, -0.05) is 12.1 Å². The number of nitrogens with zero attached hydrogens (tertiary/aromatic N) is 3. The largest absolute Gasteiger partial charge is 0.504 e. The van der Waals surface area contributed by atoms with Gasteiger partial charge in [-0.3, -0.25) is 24.0 Å². The Hall–Kier alpha value is -5.48. The van der Waals surface area contributed by atoms with E-state index in [0.717, 1.165) is 0 Å². The molecule has 0 bridgehead atoms. The molecule has 2 N–H and O–H groups in total. The highest BCUT2D eigenvalue weighted by Crippen LogP contribution is 2.40. The quantitative estimate of drug-likeness (QED) is 0.0422. The number of carbonyl (C=O) groups excluding carboxylic acids is 6. The van der Waals surface area contributed by atoms with Crippen LogP contribution in [0.15, 0.2) is 42.5 Å². The summed E-state index contributed by atoms with van der Waals surface area (Å²) in [5.41, 5.74) is -0.214. The van der Waals surface area contributed by atoms with Crippen LogP contribution in [-0.2, 0) is 14.4 Å². The van der Waals surface area contributed by atoms with Crippen molar-refractivity contribution in [2.75, 3.05) is 46.9 Å². The number of amides is 3. The van der Waals surface area contributed by atoms with E-state index < -0.39 is 28.9 Å². The Morgan fingerprint density at radius 1 is 0.804 bits per heavy atom. The maximum absolute atomic E-state index is 14.0. The highest BCUT2D eigenvalue weighted by atomic mass is 16.5. The SMILES string of the molecule is CCN(CC)C(=O)c1cc2c(C(=C=O)C=O)c(O)c(O)cc2cc1C(=O)N(CC)CCCCN(C)C(=O)CCCCC(=O)c1ccccc1OC. The van der Waals surface area contributed by atoms with Crippen molar-refractivity contribution in [1.82, 2.24) is 14.7 Å². The summed E-state index contributed by atoms with van der Waals surface area (Å²) in [6, 6.07) is 11.0. The smallest absolute Gasteiger partial charge is 0.254 e. The Bertz CT molecular complexity index is 1810. The normalized spacial score (nSPS) is 10.7. The molecule has 0 heterocycles. The molecule has 0 aliphatic rings. The van der Waals surface area contributed by atoms with Crippen LogP contribution < -0.4 is 4.74 Å². The van der Waals surface area contributed by atoms with Gasteiger partial charge in [0.05, 0.1) is 23.8 Å². The molecule has 12 nitrogen and oxygen atoms in total. The van der Waals surface area contributed by atoms with E-state index >= 15 is 0 Å². The lowest BCUT2D eigenvalue weighted by molar-refractivity contribution is -0.130. The third-order valence-electron chi connectivity index (χ3n) is 8.96. The van der Waals surface area contributed by atoms with Gasteiger partial charge in [0.25, 0.3) is 11.8 Å². The molecule has 3 amide bonds. The lowest BCUT2D eigenvalue weighted by atomic mass is 9.92. The minimum absolute atomic E-state index is 0.0204. The van der Waals surface area contributed by atoms with Crippen LogP contribution in [-0.4, -0.2) is 108 Å². The maximum atomic E-state index is 14.0. The molecule has 0 spiro atoms. The van der Waals surface area contributed by atoms with Gasteiger partial charge in [-0.25, -0.2) is 4.79 Å². The zero-order valence-electron chi connectivity index (χ0n) is 30.0. The number of aromatic hydroxyl groups is 2. The summed E-state index contributed by atoms with van der Waals surface area (Å²) in [6.07, 6.45) is 3.16. The molecule has 0 saturated carbocycles. The van der Waals surface area contributed by atoms with Crippen LogP contribution in [0.5, 0.6) is 17.2 Å². The predicted molar refractivity (Wildman–Crippen MR) is 194 cm³/mol. The summed E-state index contributed by atoms with van der Waals surface area (Å²) in [7, 11) is 3.25. The van der Waals surface area contributed by atoms with E-state index in [1.165, 1.54) is 36.2 Å². The standard InChI is InChI=1S/C39H47N3O9/c1-6-41(7-2)38(49)31-23-29-26(22-33(46)37(48)36(29)27(24-43)25-44)21-30(31)39(50)42(8-3)20-14-13-19-40(4)35(47)18-12-10-16-32(45)28-15-9-11-17-34(28)51-5/h9,11,15,17,21-24,46,48H,6-8,10,12-14,16,18-20H2,1-5H3. The van der Waals surface area contributed by atoms with Crippen molar-refractivity contribution in [3.63, 3.8) is 0 Å². The minimum Gasteiger partial charge on any atom is -0.504 e. The van der Waals surface area contributed by atoms with E-state index in [1.807, 2.05) is 6.92 Å². The number of hydrogen-bond donors (Lipinski definition) is 2. The molecule has 0 unspecified atom stereocenters. The molecule has 0 aliphatic heterocycles. The van der Waals surface area contributed by atoms with E-state index in [1.54, 1.807) is 55.0 Å². The van der Waals surface area contributed by atoms with Gasteiger partial charge >= 0.3 is 0 Å². The number of unbranched alkanes of at least 4 members (excludes halogenated alkanes) is 2. The van der Waals surface area contributed by atoms with Crippen LogP contribution in [0, 0.1) is 0 Å². The number of aldehydes is 1. The second kappa shape index (κ2) is 19.1. The van der Waals surface area contributed by atoms with Crippen LogP contribution in [0.2, 0.25) is 0 Å². The molecule has 0 atom stereocenters. The first-order valence-corrected chi connectivity index (χ1v) is 17.2. The molecule has 51 heavy (non-hydrogen) atoms. The van der Waals surface area contributed by atoms with E-state index in [4.69, 9.17) is 4.74 Å². The lowest BCUT2D eigenvalue weighted by Crippen LogP contribution is -2.36.